The lowest BCUT2D eigenvalue weighted by molar-refractivity contribution is 0.357. The molecule has 1 aliphatic heterocycles. The van der Waals surface area contributed by atoms with Crippen molar-refractivity contribution in [2.45, 2.75) is 6.42 Å². The molecule has 6 aromatic carbocycles. The number of ether oxygens (including phenoxy) is 1. The van der Waals surface area contributed by atoms with Crippen molar-refractivity contribution in [2.75, 3.05) is 0 Å². The molecule has 0 spiro atoms. The molecule has 0 fully saturated rings. The minimum Gasteiger partial charge on any atom is -0.449 e. The van der Waals surface area contributed by atoms with Gasteiger partial charge in [-0.15, -0.1) is 0 Å². The third-order valence-corrected chi connectivity index (χ3v) is 8.88. The fourth-order valence-electron chi connectivity index (χ4n) is 4.63. The quantitative estimate of drug-likeness (QED) is 0.122. The van der Waals surface area contributed by atoms with Gasteiger partial charge in [-0.25, -0.2) is 0 Å². The maximum atomic E-state index is 6.59. The Hall–Kier alpha value is -5.22. The van der Waals surface area contributed by atoms with E-state index in [4.69, 9.17) is 31.9 Å². The third-order valence-electron chi connectivity index (χ3n) is 6.74. The summed E-state index contributed by atoms with van der Waals surface area (Å²) < 4.78 is 44.2. The van der Waals surface area contributed by atoms with Gasteiger partial charge in [0.2, 0.25) is 0 Å². The van der Waals surface area contributed by atoms with Gasteiger partial charge >= 0.3 is 17.2 Å². The van der Waals surface area contributed by atoms with Crippen molar-refractivity contribution in [3.63, 3.8) is 0 Å². The molecule has 0 N–H and O–H groups in total. The van der Waals surface area contributed by atoms with Crippen LogP contribution in [0.25, 0.3) is 0 Å². The summed E-state index contributed by atoms with van der Waals surface area (Å²) in [6.07, 6.45) is 0.604. The van der Waals surface area contributed by atoms with Gasteiger partial charge in [-0.05, 0) is 60.7 Å². The highest BCUT2D eigenvalue weighted by Gasteiger charge is 2.30. The maximum Gasteiger partial charge on any atom is 0.530 e. The van der Waals surface area contributed by atoms with Gasteiger partial charge in [0.05, 0.1) is 0 Å². The monoisotopic (exact) mass is 646 g/mol. The van der Waals surface area contributed by atoms with E-state index in [-0.39, 0.29) is 0 Å². The summed E-state index contributed by atoms with van der Waals surface area (Å²) in [6.45, 7) is 0. The summed E-state index contributed by atoms with van der Waals surface area (Å²) in [7, 11) is -3.80. The van der Waals surface area contributed by atoms with Gasteiger partial charge in [0.25, 0.3) is 0 Å². The molecular weight excluding hydrogens is 618 g/mol. The first-order chi connectivity index (χ1) is 22.8. The molecule has 0 amide bonds. The first-order valence-corrected chi connectivity index (χ1v) is 16.8. The molecule has 1 heterocycles. The minimum atomic E-state index is -1.90. The number of para-hydroxylation sites is 6. The average Bonchev–Trinajstić information content (AvgIpc) is 3.10. The SMILES string of the molecule is c1ccc(OP(Oc2ccccc2)Oc2cccc3c2Oc2c(cccc2OP(Oc2ccccc2)Oc2ccccc2)C3)cc1. The molecule has 0 radical (unpaired) electrons. The van der Waals surface area contributed by atoms with Crippen molar-refractivity contribution in [3.8, 4) is 46.0 Å². The molecular formula is C37H28O7P2. The summed E-state index contributed by atoms with van der Waals surface area (Å²) in [5, 5.41) is 0. The van der Waals surface area contributed by atoms with E-state index in [1.807, 2.05) is 158 Å². The molecule has 7 nitrogen and oxygen atoms in total. The van der Waals surface area contributed by atoms with Crippen molar-refractivity contribution in [3.05, 3.63) is 169 Å². The van der Waals surface area contributed by atoms with E-state index in [0.717, 1.165) is 11.1 Å². The zero-order valence-electron chi connectivity index (χ0n) is 24.5. The fraction of sp³-hybridized carbons (Fsp3) is 0.0270. The Kier molecular flexibility index (Phi) is 9.14. The van der Waals surface area contributed by atoms with Gasteiger partial charge in [0, 0.05) is 17.5 Å². The Balaban J connectivity index is 1.16. The lowest BCUT2D eigenvalue weighted by Gasteiger charge is -2.26. The van der Waals surface area contributed by atoms with Gasteiger partial charge in [0.15, 0.2) is 23.0 Å². The summed E-state index contributed by atoms with van der Waals surface area (Å²) in [4.78, 5) is 0. The molecule has 7 rings (SSSR count). The highest BCUT2D eigenvalue weighted by atomic mass is 31.2. The molecule has 0 bridgehead atoms. The first kappa shape index (κ1) is 29.5. The van der Waals surface area contributed by atoms with Gasteiger partial charge in [0.1, 0.15) is 23.0 Å². The largest absolute Gasteiger partial charge is 0.530 e. The van der Waals surface area contributed by atoms with Crippen LogP contribution in [0.15, 0.2) is 158 Å². The number of fused-ring (bicyclic) bond motifs is 2. The van der Waals surface area contributed by atoms with Crippen LogP contribution in [0.3, 0.4) is 0 Å². The topological polar surface area (TPSA) is 64.6 Å². The van der Waals surface area contributed by atoms with E-state index in [9.17, 15) is 0 Å². The lowest BCUT2D eigenvalue weighted by atomic mass is 10.00. The van der Waals surface area contributed by atoms with Crippen LogP contribution in [-0.2, 0) is 6.42 Å². The van der Waals surface area contributed by atoms with Gasteiger partial charge < -0.3 is 31.9 Å². The maximum absolute atomic E-state index is 6.59. The van der Waals surface area contributed by atoms with Crippen LogP contribution in [0.2, 0.25) is 0 Å². The second-order valence-corrected chi connectivity index (χ2v) is 12.0. The van der Waals surface area contributed by atoms with E-state index in [0.29, 0.717) is 52.4 Å². The van der Waals surface area contributed by atoms with Gasteiger partial charge in [-0.2, -0.15) is 0 Å². The van der Waals surface area contributed by atoms with Crippen LogP contribution in [0.1, 0.15) is 11.1 Å². The Morgan fingerprint density at radius 3 is 1.00 bits per heavy atom. The van der Waals surface area contributed by atoms with E-state index in [2.05, 4.69) is 0 Å². The molecule has 0 aromatic heterocycles. The second kappa shape index (κ2) is 14.3. The molecule has 0 aliphatic carbocycles. The molecule has 0 saturated heterocycles. The third kappa shape index (κ3) is 7.35. The number of hydrogen-bond donors (Lipinski definition) is 0. The highest BCUT2D eigenvalue weighted by Crippen LogP contribution is 2.53. The van der Waals surface area contributed by atoms with Crippen molar-refractivity contribution in [2.24, 2.45) is 0 Å². The molecule has 6 aromatic rings. The van der Waals surface area contributed by atoms with Crippen LogP contribution in [0, 0.1) is 0 Å². The zero-order chi connectivity index (χ0) is 31.0. The summed E-state index contributed by atoms with van der Waals surface area (Å²) in [5.41, 5.74) is 1.92. The van der Waals surface area contributed by atoms with E-state index < -0.39 is 17.2 Å². The summed E-state index contributed by atoms with van der Waals surface area (Å²) >= 11 is 0. The smallest absolute Gasteiger partial charge is 0.449 e. The number of hydrogen-bond acceptors (Lipinski definition) is 7. The normalized spacial score (nSPS) is 11.5. The van der Waals surface area contributed by atoms with E-state index in [1.54, 1.807) is 0 Å². The Labute approximate surface area is 269 Å². The molecule has 0 atom stereocenters. The molecule has 228 valence electrons. The predicted octanol–water partition coefficient (Wildman–Crippen LogP) is 10.9. The van der Waals surface area contributed by atoms with Crippen LogP contribution in [0.4, 0.5) is 0 Å². The molecule has 0 unspecified atom stereocenters. The molecule has 1 aliphatic rings. The summed E-state index contributed by atoms with van der Waals surface area (Å²) in [5.74, 6) is 4.60. The van der Waals surface area contributed by atoms with Crippen molar-refractivity contribution < 1.29 is 31.9 Å². The van der Waals surface area contributed by atoms with Crippen LogP contribution in [-0.4, -0.2) is 0 Å². The van der Waals surface area contributed by atoms with Gasteiger partial charge in [-0.3, -0.25) is 0 Å². The standard InChI is InChI=1S/C37H28O7P2/c1-5-17-30(18-6-1)39-45(40-31-19-7-2-8-20-31)43-34-25-13-15-28-27-29-16-14-26-35(37(29)38-36(28)34)44-46(41-32-21-9-3-10-22-32)42-33-23-11-4-12-24-33/h1-26H,27H2. The number of rotatable bonds is 12. The highest BCUT2D eigenvalue weighted by molar-refractivity contribution is 7.43. The van der Waals surface area contributed by atoms with Crippen molar-refractivity contribution >= 4 is 17.2 Å². The van der Waals surface area contributed by atoms with Crippen molar-refractivity contribution in [1.29, 1.82) is 0 Å². The Morgan fingerprint density at radius 2 is 0.674 bits per heavy atom. The van der Waals surface area contributed by atoms with Crippen LogP contribution in [0.5, 0.6) is 46.0 Å². The fourth-order valence-corrected chi connectivity index (χ4v) is 6.63. The van der Waals surface area contributed by atoms with E-state index >= 15 is 0 Å². The zero-order valence-corrected chi connectivity index (χ0v) is 26.3. The predicted molar refractivity (Wildman–Crippen MR) is 179 cm³/mol. The molecule has 9 heteroatoms. The minimum absolute atomic E-state index is 0.485. The second-order valence-electron chi connectivity index (χ2n) is 10.0. The van der Waals surface area contributed by atoms with Gasteiger partial charge in [-0.1, -0.05) is 97.1 Å². The first-order valence-electron chi connectivity index (χ1n) is 14.6. The lowest BCUT2D eigenvalue weighted by Crippen LogP contribution is -2.09. The Morgan fingerprint density at radius 1 is 0.348 bits per heavy atom. The van der Waals surface area contributed by atoms with Crippen molar-refractivity contribution in [1.82, 2.24) is 0 Å². The van der Waals surface area contributed by atoms with Crippen LogP contribution >= 0.6 is 17.2 Å². The van der Waals surface area contributed by atoms with E-state index in [1.165, 1.54) is 0 Å². The Bertz CT molecular complexity index is 1640. The molecule has 46 heavy (non-hydrogen) atoms. The number of benzene rings is 6. The summed E-state index contributed by atoms with van der Waals surface area (Å²) in [6, 6.07) is 49.3. The van der Waals surface area contributed by atoms with Crippen LogP contribution < -0.4 is 31.9 Å². The molecule has 0 saturated carbocycles. The average molecular weight is 647 g/mol.